The van der Waals surface area contributed by atoms with Gasteiger partial charge in [0.05, 0.1) is 61.4 Å². The van der Waals surface area contributed by atoms with Gasteiger partial charge in [-0.05, 0) is 289 Å². The van der Waals surface area contributed by atoms with Crippen molar-refractivity contribution in [2.75, 3.05) is 38.9 Å². The number of nitrogens with zero attached hydrogens (tertiary/aromatic N) is 7. The molecule has 7 aromatic carbocycles. The van der Waals surface area contributed by atoms with Crippen molar-refractivity contribution in [1.29, 1.82) is 0 Å². The van der Waals surface area contributed by atoms with Gasteiger partial charge in [0.15, 0.2) is 44.9 Å². The van der Waals surface area contributed by atoms with Crippen LogP contribution in [-0.2, 0) is 70.2 Å². The van der Waals surface area contributed by atoms with Crippen molar-refractivity contribution < 1.29 is 111 Å². The molecule has 0 atom stereocenters. The Morgan fingerprint density at radius 1 is 0.324 bits per heavy atom. The molecule has 0 radical (unpaired) electrons. The quantitative estimate of drug-likeness (QED) is 0.0457. The highest BCUT2D eigenvalue weighted by molar-refractivity contribution is 6.65. The number of anilines is 7. The molecule has 0 spiro atoms. The molecule has 14 aromatic rings. The second-order valence-electron chi connectivity index (χ2n) is 39.0. The normalized spacial score (nSPS) is 18.1. The van der Waals surface area contributed by atoms with Crippen LogP contribution < -0.4 is 77.1 Å². The zero-order valence-electron chi connectivity index (χ0n) is 81.6. The van der Waals surface area contributed by atoms with E-state index in [1.54, 1.807) is 24.3 Å². The number of hydrogen-bond donors (Lipinski definition) is 9. The molecule has 5 aliphatic rings. The highest BCUT2D eigenvalue weighted by atomic mass is 16.7. The topological polar surface area (TPSA) is 525 Å². The summed E-state index contributed by atoms with van der Waals surface area (Å²) in [6.07, 6.45) is 0.137. The summed E-state index contributed by atoms with van der Waals surface area (Å²) >= 11 is 0. The Hall–Kier alpha value is -11.7. The molecule has 0 saturated carbocycles. The largest absolute Gasteiger partial charge is 0.494 e. The zero-order valence-corrected chi connectivity index (χ0v) is 81.6. The molecule has 3 amide bonds. The predicted octanol–water partition coefficient (Wildman–Crippen LogP) is 10.7. The summed E-state index contributed by atoms with van der Waals surface area (Å²) in [5, 5.41) is 30.0. The first-order valence-corrected chi connectivity index (χ1v) is 44.4. The summed E-state index contributed by atoms with van der Waals surface area (Å²) in [4.78, 5) is 57.9. The average Bonchev–Trinajstić information content (AvgIpc) is 1.64. The SMILES string of the molecule is CC(=O)Nc1nc2cc(B3OC(C)(C)C(C)(C)O3)ccc2o1.CC(=O)Nc1nc2ccc(B3OC(C)(C)C(C)(C)O3)cc2o1.CC(=O)Nc1noc2ccc(B3OC(C)(C)C(C)(C)O3)cc12.CC(C)OB(OC(C)C)c1ccc2nc(N)oc2c1.CC1(C)OB(c2ccc3nc(N)oc3c2)OC1(C)C.CC1(C)OB(c2ccc3oc(N)nc3c2)OC1(C)C.Nc1nc2ccc(B(O)O)cc2o1. The van der Waals surface area contributed by atoms with Gasteiger partial charge in [0.2, 0.25) is 17.7 Å². The number of nitrogens with one attached hydrogen (secondary N) is 3. The van der Waals surface area contributed by atoms with Crippen molar-refractivity contribution in [3.05, 3.63) is 127 Å². The highest BCUT2D eigenvalue weighted by Crippen LogP contribution is 2.42. The Kier molecular flexibility index (Phi) is 29.0. The highest BCUT2D eigenvalue weighted by Gasteiger charge is 2.56. The van der Waals surface area contributed by atoms with Gasteiger partial charge in [0.25, 0.3) is 24.1 Å². The van der Waals surface area contributed by atoms with Crippen LogP contribution in [0.5, 0.6) is 0 Å². The minimum Gasteiger partial charge on any atom is -0.424 e. The Morgan fingerprint density at radius 3 is 0.949 bits per heavy atom. The molecule has 19 rings (SSSR count). The number of nitrogen functional groups attached to an aromatic ring is 4. The van der Waals surface area contributed by atoms with Gasteiger partial charge >= 0.3 is 61.9 Å². The van der Waals surface area contributed by atoms with E-state index < -0.39 is 83.4 Å². The number of hydrogen-bond acceptors (Lipinski definition) is 35. The smallest absolute Gasteiger partial charge is 0.424 e. The van der Waals surface area contributed by atoms with Gasteiger partial charge < -0.3 is 125 Å². The molecule has 136 heavy (non-hydrogen) atoms. The van der Waals surface area contributed by atoms with Crippen LogP contribution in [0.2, 0.25) is 0 Å². The van der Waals surface area contributed by atoms with Gasteiger partial charge in [-0.1, -0.05) is 47.6 Å². The average molecular weight is 1870 g/mol. The monoisotopic (exact) mass is 1870 g/mol. The van der Waals surface area contributed by atoms with Gasteiger partial charge in [-0.2, -0.15) is 29.9 Å². The Bertz CT molecular complexity index is 6230. The zero-order chi connectivity index (χ0) is 99.4. The van der Waals surface area contributed by atoms with Crippen LogP contribution in [0.15, 0.2) is 158 Å². The van der Waals surface area contributed by atoms with Crippen molar-refractivity contribution in [2.24, 2.45) is 0 Å². The maximum Gasteiger partial charge on any atom is 0.494 e. The lowest BCUT2D eigenvalue weighted by Crippen LogP contribution is -2.41. The predicted molar refractivity (Wildman–Crippen MR) is 525 cm³/mol. The van der Waals surface area contributed by atoms with E-state index in [-0.39, 0.29) is 88.4 Å². The van der Waals surface area contributed by atoms with E-state index in [1.165, 1.54) is 26.8 Å². The van der Waals surface area contributed by atoms with E-state index in [1.807, 2.05) is 263 Å². The summed E-state index contributed by atoms with van der Waals surface area (Å²) in [7, 11) is -4.09. The molecule has 0 aliphatic carbocycles. The molecular weight excluding hydrogens is 1750 g/mol. The van der Waals surface area contributed by atoms with Gasteiger partial charge in [-0.3, -0.25) is 25.0 Å². The van der Waals surface area contributed by atoms with Gasteiger partial charge in [0, 0.05) is 33.0 Å². The van der Waals surface area contributed by atoms with Crippen LogP contribution in [0.25, 0.3) is 77.6 Å². The number of nitrogens with two attached hydrogens (primary N) is 4. The molecule has 0 unspecified atom stereocenters. The molecule has 45 heteroatoms. The van der Waals surface area contributed by atoms with Crippen LogP contribution in [0.1, 0.15) is 187 Å². The fourth-order valence-electron chi connectivity index (χ4n) is 14.0. The van der Waals surface area contributed by atoms with Crippen LogP contribution >= 0.6 is 0 Å². The number of aromatic nitrogens is 7. The molecule has 0 bridgehead atoms. The van der Waals surface area contributed by atoms with Gasteiger partial charge in [-0.15, -0.1) is 0 Å². The van der Waals surface area contributed by atoms with Crippen LogP contribution in [0, 0.1) is 0 Å². The second-order valence-corrected chi connectivity index (χ2v) is 39.0. The minimum absolute atomic E-state index is 0.0687. The van der Waals surface area contributed by atoms with Crippen molar-refractivity contribution >= 4 is 225 Å². The summed E-state index contributed by atoms with van der Waals surface area (Å²) in [6.45, 7) is 52.5. The minimum atomic E-state index is -1.50. The molecule has 716 valence electrons. The van der Waals surface area contributed by atoms with Gasteiger partial charge in [-0.25, -0.2) is 0 Å². The number of carbonyl (C=O) groups is 3. The lowest BCUT2D eigenvalue weighted by Gasteiger charge is -2.32. The Morgan fingerprint density at radius 2 is 0.588 bits per heavy atom. The fourth-order valence-corrected chi connectivity index (χ4v) is 14.0. The third-order valence-electron chi connectivity index (χ3n) is 24.9. The third kappa shape index (κ3) is 23.1. The maximum atomic E-state index is 11.2. The summed E-state index contributed by atoms with van der Waals surface area (Å²) in [5.74, 6) is -0.243. The lowest BCUT2D eigenvalue weighted by molar-refractivity contribution is -0.115. The molecule has 12 heterocycles. The first kappa shape index (κ1) is 102. The third-order valence-corrected chi connectivity index (χ3v) is 24.9. The molecule has 13 N–H and O–H groups in total. The molecule has 7 aromatic heterocycles. The standard InChI is InChI=1S/3C15H19BN2O4.2C13H17BN2O3.C13H19BN2O3.C7H7BN2O3/c1-9(19)17-13-18-11-8-10(6-7-12(11)20-13)16-21-14(2,3)15(4,5)22-16;1-9(19)17-13-11-8-10(6-7-12(11)20-18-13)16-21-14(2,3)15(4,5)22-16;1-9(19)17-13-18-11-7-6-10(8-12(11)20-13)16-21-14(2,3)15(4,5)22-16;1-12(2)13(3,4)19-14(18-12)8-5-6-10-9(7-8)16-11(15)17-10;1-12(2)13(3,4)19-14(18-12)8-5-6-9-10(7-8)17-11(15)16-9;1-8(2)18-14(19-9(3)4)10-5-6-11-12(7-10)17-13(15)16-11;9-7-10-5-2-1-4(8(11)12)3-6(5)13-7/h3*6-8H,1-5H3,(H,17,18,19);2*5-7H,1-4H3,(H2,15,16);5-9H,1-4H3,(H2,15,16);1-3,11-12H,(H2,9,10). The van der Waals surface area contributed by atoms with Crippen molar-refractivity contribution in [3.8, 4) is 0 Å². The summed E-state index contributed by atoms with van der Waals surface area (Å²) in [5.41, 5.74) is 32.1. The summed E-state index contributed by atoms with van der Waals surface area (Å²) < 4.78 is 109. The molecular formula is C91H117B7N14O24. The molecule has 5 aliphatic heterocycles. The summed E-state index contributed by atoms with van der Waals surface area (Å²) in [6, 6.07) is 39.1. The van der Waals surface area contributed by atoms with Crippen molar-refractivity contribution in [1.82, 2.24) is 35.1 Å². The van der Waals surface area contributed by atoms with Crippen LogP contribution in [0.3, 0.4) is 0 Å². The number of oxazole rings is 6. The first-order valence-electron chi connectivity index (χ1n) is 44.4. The van der Waals surface area contributed by atoms with E-state index in [0.717, 1.165) is 49.2 Å². The van der Waals surface area contributed by atoms with Crippen molar-refractivity contribution in [2.45, 2.75) is 255 Å². The number of amides is 3. The van der Waals surface area contributed by atoms with E-state index in [2.05, 4.69) is 51.0 Å². The van der Waals surface area contributed by atoms with E-state index in [4.69, 9.17) is 120 Å². The van der Waals surface area contributed by atoms with E-state index in [9.17, 15) is 14.4 Å². The Balaban J connectivity index is 0.000000135. The number of carbonyl (C=O) groups excluding carboxylic acids is 3. The number of fused-ring (bicyclic) bond motifs is 7. The van der Waals surface area contributed by atoms with Crippen LogP contribution in [0.4, 0.5) is 41.9 Å². The number of rotatable bonds is 14. The molecule has 38 nitrogen and oxygen atoms in total. The van der Waals surface area contributed by atoms with Crippen LogP contribution in [-0.4, -0.2) is 181 Å². The fraction of sp³-hybridized carbons (Fsp3) is 0.429. The first-order chi connectivity index (χ1) is 63.2. The molecule has 5 fully saturated rings. The maximum absolute atomic E-state index is 11.2. The van der Waals surface area contributed by atoms with Crippen molar-refractivity contribution in [3.63, 3.8) is 0 Å². The Labute approximate surface area is 789 Å². The lowest BCUT2D eigenvalue weighted by atomic mass is 9.78. The van der Waals surface area contributed by atoms with E-state index >= 15 is 0 Å². The molecule has 5 saturated heterocycles. The second kappa shape index (κ2) is 38.7. The number of benzene rings is 7. The van der Waals surface area contributed by atoms with E-state index in [0.29, 0.717) is 72.4 Å². The van der Waals surface area contributed by atoms with Gasteiger partial charge in [0.1, 0.15) is 33.1 Å².